The Hall–Kier alpha value is -2.41. The van der Waals surface area contributed by atoms with Gasteiger partial charge in [0.05, 0.1) is 0 Å². The summed E-state index contributed by atoms with van der Waals surface area (Å²) in [4.78, 5) is 0. The Kier molecular flexibility index (Phi) is 9.27. The quantitative estimate of drug-likeness (QED) is 0.275. The monoisotopic (exact) mass is 498 g/mol. The lowest BCUT2D eigenvalue weighted by molar-refractivity contribution is 0.297. The molecule has 0 aromatic heterocycles. The maximum atomic E-state index is 15.0. The molecule has 0 heterocycles. The minimum absolute atomic E-state index is 0.0200. The number of hydrogen-bond donors (Lipinski definition) is 0. The summed E-state index contributed by atoms with van der Waals surface area (Å²) < 4.78 is 15.0. The van der Waals surface area contributed by atoms with Crippen LogP contribution in [0.3, 0.4) is 0 Å². The highest BCUT2D eigenvalue weighted by Gasteiger charge is 2.24. The van der Waals surface area contributed by atoms with Gasteiger partial charge in [0.15, 0.2) is 0 Å². The second-order valence-electron chi connectivity index (χ2n) is 12.6. The smallest absolute Gasteiger partial charge is 0.126 e. The topological polar surface area (TPSA) is 0 Å². The third-order valence-corrected chi connectivity index (χ3v) is 8.62. The number of rotatable bonds is 9. The molecule has 37 heavy (non-hydrogen) atoms. The van der Waals surface area contributed by atoms with Gasteiger partial charge in [-0.25, -0.2) is 4.39 Å². The van der Waals surface area contributed by atoms with E-state index in [-0.39, 0.29) is 11.2 Å². The minimum atomic E-state index is -0.0401. The van der Waals surface area contributed by atoms with Gasteiger partial charge in [0, 0.05) is 0 Å². The van der Waals surface area contributed by atoms with E-state index in [1.165, 1.54) is 54.4 Å². The SMILES string of the molecule is CCCc1c(F)cc(CCc2ccc(C3CCC(C[C@@H](C)c4ccccc4)CC3)cc2)cc1C(C)(C)C. The summed E-state index contributed by atoms with van der Waals surface area (Å²) in [7, 11) is 0. The number of halogens is 1. The van der Waals surface area contributed by atoms with Crippen LogP contribution in [0.5, 0.6) is 0 Å². The first-order chi connectivity index (χ1) is 17.7. The van der Waals surface area contributed by atoms with Crippen molar-refractivity contribution in [2.24, 2.45) is 5.92 Å². The van der Waals surface area contributed by atoms with Gasteiger partial charge in [-0.2, -0.15) is 0 Å². The molecule has 1 aliphatic rings. The zero-order valence-electron chi connectivity index (χ0n) is 23.8. The van der Waals surface area contributed by atoms with E-state index >= 15 is 0 Å². The fourth-order valence-electron chi connectivity index (χ4n) is 6.40. The predicted molar refractivity (Wildman–Crippen MR) is 157 cm³/mol. The number of benzene rings is 3. The summed E-state index contributed by atoms with van der Waals surface area (Å²) in [5.74, 6) is 2.19. The standard InChI is InChI=1S/C36H47F/c1-6-10-33-34(36(3,4)5)24-29(25-35(33)37)14-13-27-15-19-31(20-16-27)32-21-17-28(18-22-32)23-26(2)30-11-8-7-9-12-30/h7-9,11-12,15-16,19-20,24-26,28,32H,6,10,13-14,17-18,21-23H2,1-5H3/t26-,28?,32?/m1/s1. The Balaban J connectivity index is 1.31. The van der Waals surface area contributed by atoms with Crippen molar-refractivity contribution < 1.29 is 4.39 Å². The highest BCUT2D eigenvalue weighted by atomic mass is 19.1. The summed E-state index contributed by atoms with van der Waals surface area (Å²) in [5, 5.41) is 0. The molecule has 3 aromatic carbocycles. The summed E-state index contributed by atoms with van der Waals surface area (Å²) in [6, 6.07) is 24.4. The summed E-state index contributed by atoms with van der Waals surface area (Å²) in [6.45, 7) is 11.1. The molecule has 0 amide bonds. The van der Waals surface area contributed by atoms with Crippen molar-refractivity contribution in [3.8, 4) is 0 Å². The molecule has 1 fully saturated rings. The van der Waals surface area contributed by atoms with E-state index < -0.39 is 0 Å². The van der Waals surface area contributed by atoms with Gasteiger partial charge in [0.25, 0.3) is 0 Å². The third-order valence-electron chi connectivity index (χ3n) is 8.62. The molecule has 1 heteroatoms. The zero-order valence-corrected chi connectivity index (χ0v) is 23.8. The lowest BCUT2D eigenvalue weighted by atomic mass is 9.75. The molecule has 1 saturated carbocycles. The fourth-order valence-corrected chi connectivity index (χ4v) is 6.40. The van der Waals surface area contributed by atoms with Gasteiger partial charge in [-0.05, 0) is 114 Å². The summed E-state index contributed by atoms with van der Waals surface area (Å²) in [5.41, 5.74) is 7.50. The van der Waals surface area contributed by atoms with Crippen molar-refractivity contribution in [1.29, 1.82) is 0 Å². The highest BCUT2D eigenvalue weighted by Crippen LogP contribution is 2.40. The van der Waals surface area contributed by atoms with E-state index in [2.05, 4.69) is 95.3 Å². The molecule has 0 bridgehead atoms. The molecule has 0 saturated heterocycles. The second-order valence-corrected chi connectivity index (χ2v) is 12.6. The van der Waals surface area contributed by atoms with Crippen molar-refractivity contribution in [3.05, 3.63) is 106 Å². The number of hydrogen-bond acceptors (Lipinski definition) is 0. The third kappa shape index (κ3) is 7.34. The van der Waals surface area contributed by atoms with Crippen LogP contribution in [0.2, 0.25) is 0 Å². The van der Waals surface area contributed by atoms with Crippen molar-refractivity contribution in [2.45, 2.75) is 110 Å². The highest BCUT2D eigenvalue weighted by molar-refractivity contribution is 5.39. The molecule has 0 unspecified atom stereocenters. The van der Waals surface area contributed by atoms with Crippen LogP contribution in [0.15, 0.2) is 66.7 Å². The minimum Gasteiger partial charge on any atom is -0.207 e. The van der Waals surface area contributed by atoms with Crippen LogP contribution in [-0.4, -0.2) is 0 Å². The molecule has 0 radical (unpaired) electrons. The van der Waals surface area contributed by atoms with Gasteiger partial charge in [-0.1, -0.05) is 102 Å². The molecule has 1 atom stereocenters. The van der Waals surface area contributed by atoms with Crippen LogP contribution < -0.4 is 0 Å². The first-order valence-corrected chi connectivity index (χ1v) is 14.7. The van der Waals surface area contributed by atoms with E-state index in [9.17, 15) is 4.39 Å². The normalized spacial score (nSPS) is 19.1. The largest absolute Gasteiger partial charge is 0.207 e. The van der Waals surface area contributed by atoms with Gasteiger partial charge >= 0.3 is 0 Å². The maximum Gasteiger partial charge on any atom is 0.126 e. The van der Waals surface area contributed by atoms with Gasteiger partial charge in [-0.15, -0.1) is 0 Å². The summed E-state index contributed by atoms with van der Waals surface area (Å²) in [6.07, 6.45) is 10.3. The van der Waals surface area contributed by atoms with Crippen molar-refractivity contribution in [1.82, 2.24) is 0 Å². The lowest BCUT2D eigenvalue weighted by Crippen LogP contribution is -2.16. The average molecular weight is 499 g/mol. The summed E-state index contributed by atoms with van der Waals surface area (Å²) >= 11 is 0. The number of aryl methyl sites for hydroxylation is 2. The van der Waals surface area contributed by atoms with Crippen LogP contribution in [0, 0.1) is 11.7 Å². The van der Waals surface area contributed by atoms with Gasteiger partial charge in [0.1, 0.15) is 5.82 Å². The van der Waals surface area contributed by atoms with E-state index in [0.29, 0.717) is 11.8 Å². The first kappa shape index (κ1) is 27.6. The zero-order chi connectivity index (χ0) is 26.4. The van der Waals surface area contributed by atoms with E-state index in [0.717, 1.165) is 42.7 Å². The Labute approximate surface area is 225 Å². The molecular weight excluding hydrogens is 451 g/mol. The Morgan fingerprint density at radius 1 is 0.811 bits per heavy atom. The first-order valence-electron chi connectivity index (χ1n) is 14.7. The van der Waals surface area contributed by atoms with Crippen LogP contribution in [-0.2, 0) is 24.7 Å². The lowest BCUT2D eigenvalue weighted by Gasteiger charge is -2.30. The van der Waals surface area contributed by atoms with Crippen molar-refractivity contribution in [2.75, 3.05) is 0 Å². The molecule has 0 aliphatic heterocycles. The van der Waals surface area contributed by atoms with Crippen molar-refractivity contribution in [3.63, 3.8) is 0 Å². The van der Waals surface area contributed by atoms with Gasteiger partial charge in [0.2, 0.25) is 0 Å². The Morgan fingerprint density at radius 3 is 2.08 bits per heavy atom. The molecule has 4 rings (SSSR count). The van der Waals surface area contributed by atoms with Crippen LogP contribution in [0.4, 0.5) is 4.39 Å². The molecule has 3 aromatic rings. The Bertz CT molecular complexity index is 1110. The van der Waals surface area contributed by atoms with E-state index in [4.69, 9.17) is 0 Å². The van der Waals surface area contributed by atoms with Gasteiger partial charge in [-0.3, -0.25) is 0 Å². The van der Waals surface area contributed by atoms with Crippen LogP contribution in [0.25, 0.3) is 0 Å². The molecule has 0 N–H and O–H groups in total. The van der Waals surface area contributed by atoms with Gasteiger partial charge < -0.3 is 0 Å². The van der Waals surface area contributed by atoms with Crippen molar-refractivity contribution >= 4 is 0 Å². The Morgan fingerprint density at radius 2 is 1.46 bits per heavy atom. The molecule has 198 valence electrons. The molecular formula is C36H47F. The fraction of sp³-hybridized carbons (Fsp3) is 0.500. The van der Waals surface area contributed by atoms with E-state index in [1.807, 2.05) is 0 Å². The molecule has 0 spiro atoms. The second kappa shape index (κ2) is 12.4. The van der Waals surface area contributed by atoms with Crippen LogP contribution in [0.1, 0.15) is 118 Å². The average Bonchev–Trinajstić information content (AvgIpc) is 2.89. The molecule has 0 nitrogen and oxygen atoms in total. The predicted octanol–water partition coefficient (Wildman–Crippen LogP) is 10.3. The van der Waals surface area contributed by atoms with Crippen LogP contribution >= 0.6 is 0 Å². The van der Waals surface area contributed by atoms with E-state index in [1.54, 1.807) is 6.07 Å². The maximum absolute atomic E-state index is 15.0. The molecule has 1 aliphatic carbocycles.